The zero-order valence-corrected chi connectivity index (χ0v) is 19.2. The second kappa shape index (κ2) is 10.5. The number of nitrogens with one attached hydrogen (secondary N) is 1. The highest BCUT2D eigenvalue weighted by Crippen LogP contribution is 2.30. The molecule has 1 heterocycles. The highest BCUT2D eigenvalue weighted by atomic mass is 19.1. The number of halogens is 1. The number of Topliss-reactive ketones (excluding diaryl/α,β-unsaturated/α-hetero) is 2. The van der Waals surface area contributed by atoms with Crippen molar-refractivity contribution in [1.29, 1.82) is 0 Å². The molecule has 7 heteroatoms. The molecule has 34 heavy (non-hydrogen) atoms. The number of aliphatic imine (C=N–C) groups is 1. The number of hydrogen-bond acceptors (Lipinski definition) is 5. The number of carbonyl (C=O) groups is 3. The van der Waals surface area contributed by atoms with Crippen LogP contribution in [0.3, 0.4) is 0 Å². The van der Waals surface area contributed by atoms with Gasteiger partial charge in [-0.3, -0.25) is 19.4 Å². The Hall–Kier alpha value is -3.61. The minimum Gasteiger partial charge on any atom is -0.497 e. The first-order valence-corrected chi connectivity index (χ1v) is 11.5. The van der Waals surface area contributed by atoms with Crippen LogP contribution >= 0.6 is 0 Å². The molecule has 0 saturated carbocycles. The van der Waals surface area contributed by atoms with E-state index in [9.17, 15) is 18.8 Å². The molecule has 2 aromatic carbocycles. The average Bonchev–Trinajstić information content (AvgIpc) is 2.86. The summed E-state index contributed by atoms with van der Waals surface area (Å²) in [6, 6.07) is 11.3. The predicted octanol–water partition coefficient (Wildman–Crippen LogP) is 4.87. The van der Waals surface area contributed by atoms with E-state index < -0.39 is 11.7 Å². The van der Waals surface area contributed by atoms with Gasteiger partial charge in [0.1, 0.15) is 18.1 Å². The number of nitrogens with zero attached hydrogens (tertiary/aromatic N) is 1. The summed E-state index contributed by atoms with van der Waals surface area (Å²) in [7, 11) is 1.54. The first kappa shape index (κ1) is 23.5. The molecule has 1 aliphatic carbocycles. The lowest BCUT2D eigenvalue weighted by Crippen LogP contribution is -2.24. The van der Waals surface area contributed by atoms with Crippen molar-refractivity contribution < 1.29 is 23.5 Å². The number of amides is 1. The Morgan fingerprint density at radius 3 is 2.50 bits per heavy atom. The van der Waals surface area contributed by atoms with Crippen molar-refractivity contribution in [2.45, 2.75) is 44.9 Å². The number of ether oxygens (including phenoxy) is 1. The number of anilines is 1. The van der Waals surface area contributed by atoms with Crippen molar-refractivity contribution in [3.8, 4) is 5.75 Å². The van der Waals surface area contributed by atoms with E-state index in [0.29, 0.717) is 17.7 Å². The number of hydrogen-bond donors (Lipinski definition) is 1. The molecule has 176 valence electrons. The molecule has 0 radical (unpaired) electrons. The van der Waals surface area contributed by atoms with Gasteiger partial charge in [0.15, 0.2) is 11.6 Å². The van der Waals surface area contributed by atoms with E-state index in [4.69, 9.17) is 4.74 Å². The normalized spacial score (nSPS) is 15.5. The number of rotatable bonds is 8. The maximum atomic E-state index is 14.4. The van der Waals surface area contributed by atoms with Crippen LogP contribution in [0.1, 0.15) is 54.4 Å². The number of dihydropyridines is 1. The van der Waals surface area contributed by atoms with Gasteiger partial charge >= 0.3 is 0 Å². The summed E-state index contributed by atoms with van der Waals surface area (Å²) in [6.07, 6.45) is 4.13. The fourth-order valence-electron chi connectivity index (χ4n) is 4.38. The molecule has 2 aromatic rings. The summed E-state index contributed by atoms with van der Waals surface area (Å²) in [6.45, 7) is 0.168. The van der Waals surface area contributed by atoms with Gasteiger partial charge in [0.05, 0.1) is 12.8 Å². The van der Waals surface area contributed by atoms with E-state index in [2.05, 4.69) is 10.3 Å². The second-order valence-electron chi connectivity index (χ2n) is 8.54. The SMILES string of the molecule is COc1ccc(C(=O)CCC(=O)Nc2cc(CC3=NCC(=O)C4=C3CCCC4)ccc2F)cc1. The van der Waals surface area contributed by atoms with Crippen LogP contribution in [0.25, 0.3) is 0 Å². The Bertz CT molecular complexity index is 1180. The van der Waals surface area contributed by atoms with Gasteiger partial charge in [-0.05, 0) is 73.2 Å². The van der Waals surface area contributed by atoms with Crippen molar-refractivity contribution >= 4 is 28.9 Å². The van der Waals surface area contributed by atoms with E-state index in [-0.39, 0.29) is 36.6 Å². The van der Waals surface area contributed by atoms with Crippen LogP contribution < -0.4 is 10.1 Å². The number of carbonyl (C=O) groups excluding carboxylic acids is 3. The molecule has 0 saturated heterocycles. The lowest BCUT2D eigenvalue weighted by molar-refractivity contribution is -0.116. The summed E-state index contributed by atoms with van der Waals surface area (Å²) in [5.41, 5.74) is 4.18. The van der Waals surface area contributed by atoms with Crippen molar-refractivity contribution in [3.05, 3.63) is 70.6 Å². The second-order valence-corrected chi connectivity index (χ2v) is 8.54. The monoisotopic (exact) mass is 462 g/mol. The largest absolute Gasteiger partial charge is 0.497 e. The predicted molar refractivity (Wildman–Crippen MR) is 128 cm³/mol. The van der Waals surface area contributed by atoms with Crippen molar-refractivity contribution in [1.82, 2.24) is 0 Å². The maximum Gasteiger partial charge on any atom is 0.224 e. The highest BCUT2D eigenvalue weighted by Gasteiger charge is 2.26. The van der Waals surface area contributed by atoms with Gasteiger partial charge in [0.2, 0.25) is 5.91 Å². The maximum absolute atomic E-state index is 14.4. The molecule has 1 amide bonds. The first-order valence-electron chi connectivity index (χ1n) is 11.5. The first-order chi connectivity index (χ1) is 16.4. The van der Waals surface area contributed by atoms with Crippen molar-refractivity contribution in [2.75, 3.05) is 19.0 Å². The summed E-state index contributed by atoms with van der Waals surface area (Å²) >= 11 is 0. The van der Waals surface area contributed by atoms with Crippen LogP contribution in [0.5, 0.6) is 5.75 Å². The average molecular weight is 463 g/mol. The molecule has 0 unspecified atom stereocenters. The molecule has 0 aromatic heterocycles. The van der Waals surface area contributed by atoms with E-state index in [0.717, 1.165) is 48.1 Å². The number of methoxy groups -OCH3 is 1. The molecule has 4 rings (SSSR count). The lowest BCUT2D eigenvalue weighted by atomic mass is 9.83. The van der Waals surface area contributed by atoms with E-state index >= 15 is 0 Å². The van der Waals surface area contributed by atoms with Crippen molar-refractivity contribution in [3.63, 3.8) is 0 Å². The molecular formula is C27H27FN2O4. The van der Waals surface area contributed by atoms with Crippen LogP contribution in [0, 0.1) is 5.82 Å². The molecular weight excluding hydrogens is 435 g/mol. The van der Waals surface area contributed by atoms with E-state index in [1.807, 2.05) is 0 Å². The van der Waals surface area contributed by atoms with Gasteiger partial charge in [0, 0.05) is 36.1 Å². The Morgan fingerprint density at radius 2 is 1.76 bits per heavy atom. The van der Waals surface area contributed by atoms with Gasteiger partial charge in [-0.1, -0.05) is 6.07 Å². The fraction of sp³-hybridized carbons (Fsp3) is 0.333. The third-order valence-corrected chi connectivity index (χ3v) is 6.23. The molecule has 0 fully saturated rings. The van der Waals surface area contributed by atoms with E-state index in [1.165, 1.54) is 6.07 Å². The van der Waals surface area contributed by atoms with Crippen LogP contribution in [0.2, 0.25) is 0 Å². The zero-order chi connectivity index (χ0) is 24.1. The summed E-state index contributed by atoms with van der Waals surface area (Å²) in [5.74, 6) is -0.401. The van der Waals surface area contributed by atoms with Gasteiger partial charge in [-0.25, -0.2) is 4.39 Å². The summed E-state index contributed by atoms with van der Waals surface area (Å²) in [4.78, 5) is 41.4. The van der Waals surface area contributed by atoms with Gasteiger partial charge in [-0.2, -0.15) is 0 Å². The minimum atomic E-state index is -0.545. The van der Waals surface area contributed by atoms with Crippen LogP contribution in [0.15, 0.2) is 58.6 Å². The Balaban J connectivity index is 1.38. The fourth-order valence-corrected chi connectivity index (χ4v) is 4.38. The Labute approximate surface area is 197 Å². The molecule has 0 bridgehead atoms. The third-order valence-electron chi connectivity index (χ3n) is 6.23. The number of benzene rings is 2. The Morgan fingerprint density at radius 1 is 1.03 bits per heavy atom. The third kappa shape index (κ3) is 5.47. The van der Waals surface area contributed by atoms with E-state index in [1.54, 1.807) is 43.5 Å². The van der Waals surface area contributed by atoms with Gasteiger partial charge < -0.3 is 10.1 Å². The Kier molecular flexibility index (Phi) is 7.30. The highest BCUT2D eigenvalue weighted by molar-refractivity contribution is 6.14. The minimum absolute atomic E-state index is 0.0151. The van der Waals surface area contributed by atoms with Gasteiger partial charge in [0.25, 0.3) is 0 Å². The number of allylic oxidation sites excluding steroid dienone is 1. The topological polar surface area (TPSA) is 84.8 Å². The molecule has 0 atom stereocenters. The van der Waals surface area contributed by atoms with Crippen LogP contribution in [0.4, 0.5) is 10.1 Å². The molecule has 2 aliphatic rings. The quantitative estimate of drug-likeness (QED) is 0.567. The lowest BCUT2D eigenvalue weighted by Gasteiger charge is -2.24. The van der Waals surface area contributed by atoms with Crippen LogP contribution in [-0.2, 0) is 16.0 Å². The van der Waals surface area contributed by atoms with Crippen molar-refractivity contribution in [2.24, 2.45) is 4.99 Å². The van der Waals surface area contributed by atoms with Crippen LogP contribution in [-0.4, -0.2) is 36.8 Å². The molecule has 0 spiro atoms. The molecule has 1 N–H and O–H groups in total. The smallest absolute Gasteiger partial charge is 0.224 e. The number of ketones is 2. The zero-order valence-electron chi connectivity index (χ0n) is 19.2. The van der Waals surface area contributed by atoms with Gasteiger partial charge in [-0.15, -0.1) is 0 Å². The standard InChI is InChI=1S/C27H27FN2O4/c1-34-19-9-7-18(8-10-19)25(31)12-13-27(33)30-24-15-17(6-11-22(24)28)14-23-20-4-2-3-5-21(20)26(32)16-29-23/h6-11,15H,2-5,12-14,16H2,1H3,(H,30,33). The molecule has 1 aliphatic heterocycles. The summed E-state index contributed by atoms with van der Waals surface area (Å²) < 4.78 is 19.5. The summed E-state index contributed by atoms with van der Waals surface area (Å²) in [5, 5.41) is 2.58. The molecule has 6 nitrogen and oxygen atoms in total.